The fourth-order valence-corrected chi connectivity index (χ4v) is 4.08. The Morgan fingerprint density at radius 2 is 2.00 bits per heavy atom. The molecule has 0 amide bonds. The van der Waals surface area contributed by atoms with E-state index in [4.69, 9.17) is 5.73 Å². The number of nitrogens with zero attached hydrogens (tertiary/aromatic N) is 1. The van der Waals surface area contributed by atoms with Crippen LogP contribution in [0, 0.1) is 11.7 Å². The van der Waals surface area contributed by atoms with Crippen molar-refractivity contribution in [3.8, 4) is 0 Å². The van der Waals surface area contributed by atoms with Crippen LogP contribution < -0.4 is 5.73 Å². The lowest BCUT2D eigenvalue weighted by Crippen LogP contribution is -2.40. The van der Waals surface area contributed by atoms with E-state index in [1.807, 2.05) is 0 Å². The molecule has 1 aliphatic heterocycles. The summed E-state index contributed by atoms with van der Waals surface area (Å²) in [5, 5.41) is 9.53. The van der Waals surface area contributed by atoms with Crippen molar-refractivity contribution in [2.45, 2.75) is 30.8 Å². The highest BCUT2D eigenvalue weighted by molar-refractivity contribution is 7.89. The number of aliphatic hydroxyl groups is 1. The second-order valence-corrected chi connectivity index (χ2v) is 7.04. The number of anilines is 1. The minimum atomic E-state index is -3.78. The number of piperidine rings is 1. The minimum absolute atomic E-state index is 0.103. The summed E-state index contributed by atoms with van der Waals surface area (Å²) in [5.41, 5.74) is 5.19. The van der Waals surface area contributed by atoms with Crippen LogP contribution in [0.25, 0.3) is 0 Å². The highest BCUT2D eigenvalue weighted by Gasteiger charge is 2.32. The smallest absolute Gasteiger partial charge is 0.245 e. The molecule has 5 nitrogen and oxygen atoms in total. The SMILES string of the molecule is CC(O)C1CCN(S(=O)(=O)c2cccc(F)c2N)CC1. The molecule has 0 aliphatic carbocycles. The Morgan fingerprint density at radius 1 is 1.40 bits per heavy atom. The maximum absolute atomic E-state index is 13.4. The fourth-order valence-electron chi connectivity index (χ4n) is 2.48. The molecule has 1 fully saturated rings. The van der Waals surface area contributed by atoms with E-state index >= 15 is 0 Å². The van der Waals surface area contributed by atoms with Gasteiger partial charge in [0.1, 0.15) is 10.7 Å². The van der Waals surface area contributed by atoms with Crippen LogP contribution in [0.2, 0.25) is 0 Å². The zero-order valence-corrected chi connectivity index (χ0v) is 12.1. The molecule has 0 aromatic heterocycles. The number of nitrogen functional groups attached to an aromatic ring is 1. The molecule has 0 spiro atoms. The predicted octanol–water partition coefficient (Wildman–Crippen LogP) is 1.19. The molecule has 2 rings (SSSR count). The van der Waals surface area contributed by atoms with E-state index in [9.17, 15) is 17.9 Å². The largest absolute Gasteiger partial charge is 0.395 e. The number of hydrogen-bond acceptors (Lipinski definition) is 4. The van der Waals surface area contributed by atoms with Crippen molar-refractivity contribution in [3.63, 3.8) is 0 Å². The van der Waals surface area contributed by atoms with Crippen molar-refractivity contribution < 1.29 is 17.9 Å². The summed E-state index contributed by atoms with van der Waals surface area (Å²) in [6.07, 6.45) is 0.734. The van der Waals surface area contributed by atoms with Gasteiger partial charge in [0, 0.05) is 13.1 Å². The molecule has 1 unspecified atom stereocenters. The lowest BCUT2D eigenvalue weighted by atomic mass is 9.93. The van der Waals surface area contributed by atoms with E-state index in [2.05, 4.69) is 0 Å². The molecule has 1 aromatic carbocycles. The molecule has 1 saturated heterocycles. The summed E-state index contributed by atoms with van der Waals surface area (Å²) in [7, 11) is -3.78. The number of sulfonamides is 1. The highest BCUT2D eigenvalue weighted by atomic mass is 32.2. The lowest BCUT2D eigenvalue weighted by molar-refractivity contribution is 0.0912. The molecule has 112 valence electrons. The van der Waals surface area contributed by atoms with Crippen LogP contribution in [0.4, 0.5) is 10.1 Å². The highest BCUT2D eigenvalue weighted by Crippen LogP contribution is 2.29. The van der Waals surface area contributed by atoms with Gasteiger partial charge < -0.3 is 10.8 Å². The predicted molar refractivity (Wildman–Crippen MR) is 74.0 cm³/mol. The van der Waals surface area contributed by atoms with Gasteiger partial charge in [0.15, 0.2) is 0 Å². The molecule has 0 bridgehead atoms. The van der Waals surface area contributed by atoms with Crippen molar-refractivity contribution in [1.29, 1.82) is 0 Å². The van der Waals surface area contributed by atoms with E-state index in [-0.39, 0.29) is 16.5 Å². The number of hydrogen-bond donors (Lipinski definition) is 2. The molecule has 1 aromatic rings. The molecular formula is C13H19FN2O3S. The fraction of sp³-hybridized carbons (Fsp3) is 0.538. The first-order valence-electron chi connectivity index (χ1n) is 6.56. The Balaban J connectivity index is 2.22. The quantitative estimate of drug-likeness (QED) is 0.822. The molecule has 0 radical (unpaired) electrons. The first-order chi connectivity index (χ1) is 9.34. The van der Waals surface area contributed by atoms with Gasteiger partial charge in [0.2, 0.25) is 10.0 Å². The molecule has 1 heterocycles. The average Bonchev–Trinajstić information content (AvgIpc) is 2.41. The third-order valence-corrected chi connectivity index (χ3v) is 5.77. The standard InChI is InChI=1S/C13H19FN2O3S/c1-9(17)10-5-7-16(8-6-10)20(18,19)12-4-2-3-11(14)13(12)15/h2-4,9-10,17H,5-8,15H2,1H3. The van der Waals surface area contributed by atoms with Gasteiger partial charge in [-0.05, 0) is 37.8 Å². The van der Waals surface area contributed by atoms with Crippen molar-refractivity contribution >= 4 is 15.7 Å². The number of halogens is 1. The van der Waals surface area contributed by atoms with Crippen molar-refractivity contribution in [3.05, 3.63) is 24.0 Å². The van der Waals surface area contributed by atoms with Gasteiger partial charge in [-0.2, -0.15) is 4.31 Å². The maximum Gasteiger partial charge on any atom is 0.245 e. The number of para-hydroxylation sites is 1. The third-order valence-electron chi connectivity index (χ3n) is 3.81. The summed E-state index contributed by atoms with van der Waals surface area (Å²) in [5.74, 6) is -0.628. The lowest BCUT2D eigenvalue weighted by Gasteiger charge is -2.32. The monoisotopic (exact) mass is 302 g/mol. The van der Waals surface area contributed by atoms with E-state index < -0.39 is 21.9 Å². The third kappa shape index (κ3) is 2.79. The number of benzene rings is 1. The van der Waals surface area contributed by atoms with Crippen LogP contribution in [0.15, 0.2) is 23.1 Å². The number of rotatable bonds is 3. The van der Waals surface area contributed by atoms with Gasteiger partial charge >= 0.3 is 0 Å². The molecular weight excluding hydrogens is 283 g/mol. The number of nitrogens with two attached hydrogens (primary N) is 1. The summed E-state index contributed by atoms with van der Waals surface area (Å²) in [6, 6.07) is 3.78. The van der Waals surface area contributed by atoms with Gasteiger partial charge in [0.05, 0.1) is 11.8 Å². The van der Waals surface area contributed by atoms with Gasteiger partial charge in [-0.15, -0.1) is 0 Å². The van der Waals surface area contributed by atoms with Crippen LogP contribution in [0.1, 0.15) is 19.8 Å². The molecule has 20 heavy (non-hydrogen) atoms. The van der Waals surface area contributed by atoms with Gasteiger partial charge in [-0.1, -0.05) is 6.07 Å². The number of aliphatic hydroxyl groups excluding tert-OH is 1. The Labute approximate surface area is 118 Å². The van der Waals surface area contributed by atoms with E-state index in [1.54, 1.807) is 6.92 Å². The second kappa shape index (κ2) is 5.67. The molecule has 1 atom stereocenters. The molecule has 1 aliphatic rings. The Morgan fingerprint density at radius 3 is 2.55 bits per heavy atom. The Bertz CT molecular complexity index is 581. The summed E-state index contributed by atoms with van der Waals surface area (Å²) in [6.45, 7) is 2.33. The summed E-state index contributed by atoms with van der Waals surface area (Å²) >= 11 is 0. The molecule has 0 saturated carbocycles. The van der Waals surface area contributed by atoms with E-state index in [0.717, 1.165) is 6.07 Å². The summed E-state index contributed by atoms with van der Waals surface area (Å²) in [4.78, 5) is -0.187. The summed E-state index contributed by atoms with van der Waals surface area (Å²) < 4.78 is 39.6. The van der Waals surface area contributed by atoms with Crippen LogP contribution in [0.3, 0.4) is 0 Å². The Hall–Kier alpha value is -1.18. The van der Waals surface area contributed by atoms with Crippen LogP contribution in [-0.2, 0) is 10.0 Å². The minimum Gasteiger partial charge on any atom is -0.395 e. The second-order valence-electron chi connectivity index (χ2n) is 5.13. The zero-order chi connectivity index (χ0) is 14.9. The first-order valence-corrected chi connectivity index (χ1v) is 8.00. The first kappa shape index (κ1) is 15.2. The topological polar surface area (TPSA) is 83.6 Å². The van der Waals surface area contributed by atoms with Crippen molar-refractivity contribution in [2.75, 3.05) is 18.8 Å². The molecule has 7 heteroatoms. The van der Waals surface area contributed by atoms with E-state index in [0.29, 0.717) is 25.9 Å². The van der Waals surface area contributed by atoms with Gasteiger partial charge in [-0.3, -0.25) is 0 Å². The maximum atomic E-state index is 13.4. The van der Waals surface area contributed by atoms with Crippen LogP contribution in [-0.4, -0.2) is 37.0 Å². The van der Waals surface area contributed by atoms with Crippen molar-refractivity contribution in [1.82, 2.24) is 4.31 Å². The average molecular weight is 302 g/mol. The van der Waals surface area contributed by atoms with Crippen LogP contribution >= 0.6 is 0 Å². The normalized spacial score (nSPS) is 19.9. The zero-order valence-electron chi connectivity index (χ0n) is 11.3. The van der Waals surface area contributed by atoms with Crippen LogP contribution in [0.5, 0.6) is 0 Å². The van der Waals surface area contributed by atoms with Gasteiger partial charge in [0.25, 0.3) is 0 Å². The molecule has 3 N–H and O–H groups in total. The van der Waals surface area contributed by atoms with E-state index in [1.165, 1.54) is 16.4 Å². The van der Waals surface area contributed by atoms with Crippen molar-refractivity contribution in [2.24, 2.45) is 5.92 Å². The Kier molecular flexibility index (Phi) is 4.31. The van der Waals surface area contributed by atoms with Gasteiger partial charge in [-0.25, -0.2) is 12.8 Å².